The van der Waals surface area contributed by atoms with E-state index in [2.05, 4.69) is 0 Å². The van der Waals surface area contributed by atoms with Gasteiger partial charge in [-0.3, -0.25) is 14.9 Å². The molecule has 3 rings (SSSR count). The Morgan fingerprint density at radius 2 is 1.62 bits per heavy atom. The minimum absolute atomic E-state index is 0.0519. The van der Waals surface area contributed by atoms with Gasteiger partial charge in [0.25, 0.3) is 0 Å². The summed E-state index contributed by atoms with van der Waals surface area (Å²) in [5.41, 5.74) is 1.37. The van der Waals surface area contributed by atoms with Crippen molar-refractivity contribution >= 4 is 17.3 Å². The number of hydrogen-bond acceptors (Lipinski definition) is 5. The number of ketones is 2. The highest BCUT2D eigenvalue weighted by Gasteiger charge is 2.20. The molecule has 6 nitrogen and oxygen atoms in total. The average molecular weight is 389 g/mol. The van der Waals surface area contributed by atoms with Gasteiger partial charge in [-0.2, -0.15) is 0 Å². The van der Waals surface area contributed by atoms with Crippen LogP contribution in [0.25, 0.3) is 0 Å². The number of nitro benzene ring substituents is 1. The van der Waals surface area contributed by atoms with Gasteiger partial charge in [0.1, 0.15) is 11.5 Å². The standard InChI is InChI=1S/C23H19NO5/c1-16(25)7-8-17-9-12-20(13-10-17)29-22-14-11-19(15-21(22)24(27)28)23(26)18-5-3-2-4-6-18/h2-6,9-15H,7-8H2,1H3. The summed E-state index contributed by atoms with van der Waals surface area (Å²) in [6.07, 6.45) is 1.09. The molecule has 0 aliphatic carbocycles. The van der Waals surface area contributed by atoms with Crippen LogP contribution in [-0.4, -0.2) is 16.5 Å². The van der Waals surface area contributed by atoms with E-state index in [0.29, 0.717) is 24.2 Å². The Hall–Kier alpha value is -3.80. The van der Waals surface area contributed by atoms with Gasteiger partial charge >= 0.3 is 5.69 Å². The second-order valence-corrected chi connectivity index (χ2v) is 6.58. The van der Waals surface area contributed by atoms with Gasteiger partial charge in [-0.15, -0.1) is 0 Å². The Morgan fingerprint density at radius 1 is 0.931 bits per heavy atom. The third kappa shape index (κ3) is 5.13. The number of ether oxygens (including phenoxy) is 1. The number of Topliss-reactive ketones (excluding diaryl/α,β-unsaturated/α-hetero) is 1. The smallest absolute Gasteiger partial charge is 0.312 e. The summed E-state index contributed by atoms with van der Waals surface area (Å²) in [5.74, 6) is 0.305. The van der Waals surface area contributed by atoms with Crippen LogP contribution in [0, 0.1) is 10.1 Å². The van der Waals surface area contributed by atoms with E-state index in [1.807, 2.05) is 12.1 Å². The van der Waals surface area contributed by atoms with Gasteiger partial charge in [0.05, 0.1) is 4.92 Å². The molecule has 0 aliphatic heterocycles. The summed E-state index contributed by atoms with van der Waals surface area (Å²) >= 11 is 0. The van der Waals surface area contributed by atoms with Gasteiger partial charge in [-0.25, -0.2) is 0 Å². The molecule has 6 heteroatoms. The van der Waals surface area contributed by atoms with Crippen LogP contribution in [0.4, 0.5) is 5.69 Å². The first-order valence-corrected chi connectivity index (χ1v) is 9.08. The van der Waals surface area contributed by atoms with Crippen LogP contribution < -0.4 is 4.74 Å². The molecule has 0 amide bonds. The lowest BCUT2D eigenvalue weighted by Gasteiger charge is -2.09. The molecule has 0 atom stereocenters. The fraction of sp³-hybridized carbons (Fsp3) is 0.130. The van der Waals surface area contributed by atoms with E-state index >= 15 is 0 Å². The van der Waals surface area contributed by atoms with Crippen LogP contribution >= 0.6 is 0 Å². The second kappa shape index (κ2) is 8.93. The first kappa shape index (κ1) is 19.9. The Kier molecular flexibility index (Phi) is 6.14. The molecule has 0 saturated carbocycles. The van der Waals surface area contributed by atoms with Gasteiger partial charge in [0.15, 0.2) is 5.78 Å². The summed E-state index contributed by atoms with van der Waals surface area (Å²) in [7, 11) is 0. The number of benzene rings is 3. The van der Waals surface area contributed by atoms with Crippen LogP contribution in [-0.2, 0) is 11.2 Å². The third-order valence-corrected chi connectivity index (χ3v) is 4.37. The number of carbonyl (C=O) groups excluding carboxylic acids is 2. The normalized spacial score (nSPS) is 10.4. The maximum absolute atomic E-state index is 12.6. The van der Waals surface area contributed by atoms with Gasteiger partial charge in [0.2, 0.25) is 5.75 Å². The molecule has 0 heterocycles. The number of carbonyl (C=O) groups is 2. The lowest BCUT2D eigenvalue weighted by atomic mass is 10.0. The molecule has 0 aromatic heterocycles. The predicted molar refractivity (Wildman–Crippen MR) is 108 cm³/mol. The van der Waals surface area contributed by atoms with Crippen molar-refractivity contribution in [3.8, 4) is 11.5 Å². The lowest BCUT2D eigenvalue weighted by Crippen LogP contribution is -2.03. The van der Waals surface area contributed by atoms with Crippen LogP contribution in [0.5, 0.6) is 11.5 Å². The molecule has 0 saturated heterocycles. The van der Waals surface area contributed by atoms with Crippen molar-refractivity contribution in [3.63, 3.8) is 0 Å². The summed E-state index contributed by atoms with van der Waals surface area (Å²) < 4.78 is 5.67. The molecule has 146 valence electrons. The molecule has 0 aliphatic rings. The highest BCUT2D eigenvalue weighted by molar-refractivity contribution is 6.09. The number of rotatable bonds is 8. The zero-order chi connectivity index (χ0) is 20.8. The number of nitro groups is 1. The zero-order valence-electron chi connectivity index (χ0n) is 15.8. The van der Waals surface area contributed by atoms with E-state index in [1.54, 1.807) is 49.4 Å². The summed E-state index contributed by atoms with van der Waals surface area (Å²) in [4.78, 5) is 34.6. The molecular weight excluding hydrogens is 370 g/mol. The number of hydrogen-bond donors (Lipinski definition) is 0. The van der Waals surface area contributed by atoms with E-state index < -0.39 is 4.92 Å². The molecule has 3 aromatic carbocycles. The fourth-order valence-electron chi connectivity index (χ4n) is 2.82. The van der Waals surface area contributed by atoms with Crippen LogP contribution in [0.15, 0.2) is 72.8 Å². The fourth-order valence-corrected chi connectivity index (χ4v) is 2.82. The molecule has 3 aromatic rings. The summed E-state index contributed by atoms with van der Waals surface area (Å²) in [6, 6.07) is 19.8. The molecule has 0 spiro atoms. The topological polar surface area (TPSA) is 86.5 Å². The first-order valence-electron chi connectivity index (χ1n) is 9.08. The summed E-state index contributed by atoms with van der Waals surface area (Å²) in [6.45, 7) is 1.54. The monoisotopic (exact) mass is 389 g/mol. The van der Waals surface area contributed by atoms with Crippen molar-refractivity contribution in [2.45, 2.75) is 19.8 Å². The highest BCUT2D eigenvalue weighted by atomic mass is 16.6. The number of aryl methyl sites for hydroxylation is 1. The van der Waals surface area contributed by atoms with Crippen molar-refractivity contribution in [1.29, 1.82) is 0 Å². The van der Waals surface area contributed by atoms with E-state index in [0.717, 1.165) is 5.56 Å². The van der Waals surface area contributed by atoms with E-state index in [-0.39, 0.29) is 28.6 Å². The van der Waals surface area contributed by atoms with Crippen molar-refractivity contribution in [1.82, 2.24) is 0 Å². The molecule has 0 bridgehead atoms. The minimum atomic E-state index is -0.571. The Balaban J connectivity index is 1.81. The van der Waals surface area contributed by atoms with Crippen molar-refractivity contribution in [2.24, 2.45) is 0 Å². The molecular formula is C23H19NO5. The third-order valence-electron chi connectivity index (χ3n) is 4.37. The maximum Gasteiger partial charge on any atom is 0.312 e. The van der Waals surface area contributed by atoms with Crippen molar-refractivity contribution in [2.75, 3.05) is 0 Å². The highest BCUT2D eigenvalue weighted by Crippen LogP contribution is 2.33. The van der Waals surface area contributed by atoms with Gasteiger partial charge in [-0.05, 0) is 43.2 Å². The largest absolute Gasteiger partial charge is 0.450 e. The van der Waals surface area contributed by atoms with E-state index in [4.69, 9.17) is 4.74 Å². The molecule has 0 N–H and O–H groups in total. The van der Waals surface area contributed by atoms with Gasteiger partial charge in [-0.1, -0.05) is 42.5 Å². The molecule has 0 unspecified atom stereocenters. The van der Waals surface area contributed by atoms with E-state index in [1.165, 1.54) is 18.2 Å². The number of nitrogens with zero attached hydrogens (tertiary/aromatic N) is 1. The average Bonchev–Trinajstić information content (AvgIpc) is 2.73. The predicted octanol–water partition coefficient (Wildman–Crippen LogP) is 5.14. The second-order valence-electron chi connectivity index (χ2n) is 6.58. The van der Waals surface area contributed by atoms with E-state index in [9.17, 15) is 19.7 Å². The summed E-state index contributed by atoms with van der Waals surface area (Å²) in [5, 5.41) is 11.5. The minimum Gasteiger partial charge on any atom is -0.450 e. The van der Waals surface area contributed by atoms with Crippen LogP contribution in [0.2, 0.25) is 0 Å². The Bertz CT molecular complexity index is 1040. The van der Waals surface area contributed by atoms with Crippen molar-refractivity contribution in [3.05, 3.63) is 99.6 Å². The van der Waals surface area contributed by atoms with Gasteiger partial charge < -0.3 is 9.53 Å². The maximum atomic E-state index is 12.6. The lowest BCUT2D eigenvalue weighted by molar-refractivity contribution is -0.385. The Morgan fingerprint density at radius 3 is 2.24 bits per heavy atom. The molecule has 29 heavy (non-hydrogen) atoms. The van der Waals surface area contributed by atoms with Crippen LogP contribution in [0.3, 0.4) is 0 Å². The Labute approximate surface area is 167 Å². The first-order chi connectivity index (χ1) is 13.9. The SMILES string of the molecule is CC(=O)CCc1ccc(Oc2ccc(C(=O)c3ccccc3)cc2[N+](=O)[O-])cc1. The van der Waals surface area contributed by atoms with Crippen molar-refractivity contribution < 1.29 is 19.2 Å². The quantitative estimate of drug-likeness (QED) is 0.302. The van der Waals surface area contributed by atoms with Gasteiger partial charge in [0, 0.05) is 23.6 Å². The molecule has 0 fully saturated rings. The van der Waals surface area contributed by atoms with Crippen LogP contribution in [0.1, 0.15) is 34.8 Å². The zero-order valence-corrected chi connectivity index (χ0v) is 15.8. The molecule has 0 radical (unpaired) electrons.